The quantitative estimate of drug-likeness (QED) is 0.748. The molecule has 0 aliphatic rings. The smallest absolute Gasteiger partial charge is 0.319 e. The van der Waals surface area contributed by atoms with Crippen molar-refractivity contribution in [1.82, 2.24) is 5.32 Å². The first-order valence-corrected chi connectivity index (χ1v) is 7.99. The van der Waals surface area contributed by atoms with Gasteiger partial charge < -0.3 is 10.6 Å². The third kappa shape index (κ3) is 5.04. The van der Waals surface area contributed by atoms with Crippen LogP contribution in [0.3, 0.4) is 0 Å². The molecule has 2 rings (SSSR count). The van der Waals surface area contributed by atoms with E-state index in [1.807, 2.05) is 31.2 Å². The van der Waals surface area contributed by atoms with Gasteiger partial charge in [0.15, 0.2) is 0 Å². The van der Waals surface area contributed by atoms with Crippen molar-refractivity contribution in [3.63, 3.8) is 0 Å². The molecule has 3 nitrogen and oxygen atoms in total. The second-order valence-corrected chi connectivity index (χ2v) is 6.32. The van der Waals surface area contributed by atoms with Gasteiger partial charge in [0, 0.05) is 15.8 Å². The Bertz CT molecular complexity index is 640. The van der Waals surface area contributed by atoms with E-state index < -0.39 is 0 Å². The maximum atomic E-state index is 11.9. The lowest BCUT2D eigenvalue weighted by molar-refractivity contribution is 0.252. The van der Waals surface area contributed by atoms with Gasteiger partial charge in [0.1, 0.15) is 0 Å². The Labute approximate surface area is 139 Å². The van der Waals surface area contributed by atoms with Crippen LogP contribution in [-0.2, 0) is 6.42 Å². The first-order valence-electron chi connectivity index (χ1n) is 6.91. The molecule has 0 atom stereocenters. The van der Waals surface area contributed by atoms with E-state index in [0.717, 1.165) is 21.2 Å². The summed E-state index contributed by atoms with van der Waals surface area (Å²) in [4.78, 5) is 11.9. The average Bonchev–Trinajstić information content (AvgIpc) is 2.42. The van der Waals surface area contributed by atoms with Gasteiger partial charge in [-0.05, 0) is 72.2 Å². The number of carbonyl (C=O) groups is 1. The Morgan fingerprint density at radius 2 is 1.95 bits per heavy atom. The van der Waals surface area contributed by atoms with Crippen LogP contribution in [0.15, 0.2) is 42.5 Å². The van der Waals surface area contributed by atoms with Crippen LogP contribution in [0, 0.1) is 17.4 Å². The highest BCUT2D eigenvalue weighted by Crippen LogP contribution is 2.17. The van der Waals surface area contributed by atoms with E-state index in [4.69, 9.17) is 0 Å². The van der Waals surface area contributed by atoms with Crippen molar-refractivity contribution in [1.29, 1.82) is 0 Å². The van der Waals surface area contributed by atoms with Crippen molar-refractivity contribution < 1.29 is 4.79 Å². The summed E-state index contributed by atoms with van der Waals surface area (Å²) in [7, 11) is 0. The first kappa shape index (κ1) is 15.8. The predicted octanol–water partition coefficient (Wildman–Crippen LogP) is 4.27. The molecule has 0 bridgehead atoms. The van der Waals surface area contributed by atoms with Crippen molar-refractivity contribution in [3.8, 4) is 0 Å². The van der Waals surface area contributed by atoms with Crippen molar-refractivity contribution >= 4 is 34.3 Å². The van der Waals surface area contributed by atoms with E-state index >= 15 is 0 Å². The number of anilines is 1. The zero-order valence-corrected chi connectivity index (χ0v) is 14.4. The molecule has 4 heteroatoms. The van der Waals surface area contributed by atoms with Crippen molar-refractivity contribution in [3.05, 3.63) is 62.7 Å². The molecule has 2 aromatic rings. The minimum absolute atomic E-state index is 0.160. The number of hydrogen-bond donors (Lipinski definition) is 2. The molecule has 2 amide bonds. The predicted molar refractivity (Wildman–Crippen MR) is 95.8 cm³/mol. The van der Waals surface area contributed by atoms with Crippen molar-refractivity contribution in [2.24, 2.45) is 0 Å². The highest BCUT2D eigenvalue weighted by molar-refractivity contribution is 14.1. The van der Waals surface area contributed by atoms with E-state index in [0.29, 0.717) is 6.54 Å². The van der Waals surface area contributed by atoms with Crippen molar-refractivity contribution in [2.45, 2.75) is 20.3 Å². The molecule has 0 aliphatic carbocycles. The summed E-state index contributed by atoms with van der Waals surface area (Å²) >= 11 is 2.26. The molecule has 0 radical (unpaired) electrons. The maximum Gasteiger partial charge on any atom is 0.319 e. The van der Waals surface area contributed by atoms with Crippen LogP contribution in [0.4, 0.5) is 10.5 Å². The molecule has 0 fully saturated rings. The molecule has 0 unspecified atom stereocenters. The van der Waals surface area contributed by atoms with E-state index in [-0.39, 0.29) is 6.03 Å². The first-order chi connectivity index (χ1) is 10.0. The molecule has 2 aromatic carbocycles. The molecular formula is C17H19IN2O. The number of hydrogen-bond acceptors (Lipinski definition) is 1. The largest absolute Gasteiger partial charge is 0.338 e. The molecule has 21 heavy (non-hydrogen) atoms. The zero-order chi connectivity index (χ0) is 15.2. The summed E-state index contributed by atoms with van der Waals surface area (Å²) in [6, 6.07) is 14.1. The molecule has 0 saturated heterocycles. The second kappa shape index (κ2) is 7.45. The van der Waals surface area contributed by atoms with Crippen LogP contribution in [0.25, 0.3) is 0 Å². The summed E-state index contributed by atoms with van der Waals surface area (Å²) in [5, 5.41) is 5.77. The number of nitrogens with one attached hydrogen (secondary N) is 2. The Balaban J connectivity index is 1.82. The van der Waals surface area contributed by atoms with Gasteiger partial charge in [-0.2, -0.15) is 0 Å². The van der Waals surface area contributed by atoms with E-state index in [1.54, 1.807) is 0 Å². The summed E-state index contributed by atoms with van der Waals surface area (Å²) < 4.78 is 1.16. The Kier molecular flexibility index (Phi) is 5.61. The highest BCUT2D eigenvalue weighted by Gasteiger charge is 2.04. The van der Waals surface area contributed by atoms with Gasteiger partial charge in [-0.25, -0.2) is 4.79 Å². The number of rotatable bonds is 4. The SMILES string of the molecule is Cc1cccc(CCNC(=O)Nc2ccc(I)cc2C)c1. The normalized spacial score (nSPS) is 10.2. The minimum Gasteiger partial charge on any atom is -0.338 e. The van der Waals surface area contributed by atoms with Gasteiger partial charge in [0.2, 0.25) is 0 Å². The highest BCUT2D eigenvalue weighted by atomic mass is 127. The van der Waals surface area contributed by atoms with Crippen LogP contribution >= 0.6 is 22.6 Å². The third-order valence-electron chi connectivity index (χ3n) is 3.22. The van der Waals surface area contributed by atoms with Gasteiger partial charge in [-0.1, -0.05) is 29.8 Å². The number of benzene rings is 2. The number of amides is 2. The van der Waals surface area contributed by atoms with Crippen LogP contribution in [-0.4, -0.2) is 12.6 Å². The van der Waals surface area contributed by atoms with Crippen molar-refractivity contribution in [2.75, 3.05) is 11.9 Å². The summed E-state index contributed by atoms with van der Waals surface area (Å²) in [6.07, 6.45) is 0.834. The van der Waals surface area contributed by atoms with Gasteiger partial charge in [0.25, 0.3) is 0 Å². The van der Waals surface area contributed by atoms with Crippen LogP contribution in [0.2, 0.25) is 0 Å². The zero-order valence-electron chi connectivity index (χ0n) is 12.2. The van der Waals surface area contributed by atoms with Crippen LogP contribution in [0.5, 0.6) is 0 Å². The fourth-order valence-electron chi connectivity index (χ4n) is 2.12. The standard InChI is InChI=1S/C17H19IN2O/c1-12-4-3-5-14(10-12)8-9-19-17(21)20-16-7-6-15(18)11-13(16)2/h3-7,10-11H,8-9H2,1-2H3,(H2,19,20,21). The summed E-state index contributed by atoms with van der Waals surface area (Å²) in [5.41, 5.74) is 4.39. The van der Waals surface area contributed by atoms with Gasteiger partial charge in [-0.15, -0.1) is 0 Å². The molecule has 110 valence electrons. The molecule has 0 saturated carbocycles. The molecule has 0 aromatic heterocycles. The lowest BCUT2D eigenvalue weighted by Crippen LogP contribution is -2.30. The van der Waals surface area contributed by atoms with Gasteiger partial charge >= 0.3 is 6.03 Å². The molecule has 0 aliphatic heterocycles. The van der Waals surface area contributed by atoms with Crippen LogP contribution in [0.1, 0.15) is 16.7 Å². The number of carbonyl (C=O) groups excluding carboxylic acids is 1. The van der Waals surface area contributed by atoms with Crippen LogP contribution < -0.4 is 10.6 Å². The van der Waals surface area contributed by atoms with Gasteiger partial charge in [0.05, 0.1) is 0 Å². The molecule has 0 heterocycles. The lowest BCUT2D eigenvalue weighted by atomic mass is 10.1. The summed E-state index contributed by atoms with van der Waals surface area (Å²) in [5.74, 6) is 0. The topological polar surface area (TPSA) is 41.1 Å². The molecule has 2 N–H and O–H groups in total. The van der Waals surface area contributed by atoms with E-state index in [2.05, 4.69) is 58.3 Å². The monoisotopic (exact) mass is 394 g/mol. The Morgan fingerprint density at radius 1 is 1.14 bits per heavy atom. The molecule has 0 spiro atoms. The number of aryl methyl sites for hydroxylation is 2. The minimum atomic E-state index is -0.160. The second-order valence-electron chi connectivity index (χ2n) is 5.08. The Morgan fingerprint density at radius 3 is 2.67 bits per heavy atom. The number of halogens is 1. The van der Waals surface area contributed by atoms with E-state index in [1.165, 1.54) is 11.1 Å². The fourth-order valence-corrected chi connectivity index (χ4v) is 2.77. The Hall–Kier alpha value is -1.56. The van der Waals surface area contributed by atoms with Gasteiger partial charge in [-0.3, -0.25) is 0 Å². The average molecular weight is 394 g/mol. The number of urea groups is 1. The summed E-state index contributed by atoms with van der Waals surface area (Å²) in [6.45, 7) is 4.69. The third-order valence-corrected chi connectivity index (χ3v) is 3.89. The fraction of sp³-hybridized carbons (Fsp3) is 0.235. The maximum absolute atomic E-state index is 11.9. The lowest BCUT2D eigenvalue weighted by Gasteiger charge is -2.10. The van der Waals surface area contributed by atoms with E-state index in [9.17, 15) is 4.79 Å². The molecular weight excluding hydrogens is 375 g/mol.